The maximum Gasteiger partial charge on any atom is 0.412 e. The van der Waals surface area contributed by atoms with Gasteiger partial charge in [0.25, 0.3) is 5.91 Å². The van der Waals surface area contributed by atoms with Crippen LogP contribution in [0.15, 0.2) is 36.4 Å². The van der Waals surface area contributed by atoms with Crippen LogP contribution < -0.4 is 20.7 Å². The molecule has 3 rings (SSSR count). The number of hydrogen-bond acceptors (Lipinski definition) is 5. The maximum absolute atomic E-state index is 13.4. The van der Waals surface area contributed by atoms with Gasteiger partial charge in [0.15, 0.2) is 5.60 Å². The number of halogens is 1. The van der Waals surface area contributed by atoms with Gasteiger partial charge in [0, 0.05) is 11.8 Å². The van der Waals surface area contributed by atoms with Crippen molar-refractivity contribution in [1.82, 2.24) is 0 Å². The third kappa shape index (κ3) is 4.26. The van der Waals surface area contributed by atoms with Gasteiger partial charge in [-0.05, 0) is 65.0 Å². The van der Waals surface area contributed by atoms with E-state index in [1.165, 1.54) is 41.3 Å². The van der Waals surface area contributed by atoms with Gasteiger partial charge in [-0.1, -0.05) is 0 Å². The molecule has 2 amide bonds. The Bertz CT molecular complexity index is 965. The number of nitrogens with zero attached hydrogens (tertiary/aromatic N) is 1. The van der Waals surface area contributed by atoms with Crippen molar-refractivity contribution in [2.75, 3.05) is 16.0 Å². The molecule has 0 aliphatic carbocycles. The molecule has 7 nitrogen and oxygen atoms in total. The van der Waals surface area contributed by atoms with Crippen LogP contribution in [0.1, 0.15) is 34.6 Å². The number of amides is 2. The Balaban J connectivity index is 2.06. The molecule has 0 aromatic heterocycles. The number of benzene rings is 2. The van der Waals surface area contributed by atoms with Crippen LogP contribution in [0.2, 0.25) is 0 Å². The summed E-state index contributed by atoms with van der Waals surface area (Å²) in [5.41, 5.74) is 5.59. The predicted octanol–water partition coefficient (Wildman–Crippen LogP) is 4.59. The molecule has 0 unspecified atom stereocenters. The summed E-state index contributed by atoms with van der Waals surface area (Å²) in [5.74, 6) is -0.394. The van der Waals surface area contributed by atoms with E-state index in [2.05, 4.69) is 5.32 Å². The molecule has 2 aromatic carbocycles. The molecule has 0 spiro atoms. The van der Waals surface area contributed by atoms with Gasteiger partial charge in [-0.2, -0.15) is 0 Å². The van der Waals surface area contributed by atoms with Crippen molar-refractivity contribution in [3.63, 3.8) is 0 Å². The van der Waals surface area contributed by atoms with Crippen LogP contribution in [-0.2, 0) is 9.53 Å². The zero-order valence-corrected chi connectivity index (χ0v) is 17.0. The lowest BCUT2D eigenvalue weighted by atomic mass is 10.0. The highest BCUT2D eigenvalue weighted by atomic mass is 19.1. The van der Waals surface area contributed by atoms with E-state index in [0.29, 0.717) is 17.1 Å². The minimum atomic E-state index is -1.16. The second kappa shape index (κ2) is 6.95. The van der Waals surface area contributed by atoms with Gasteiger partial charge in [0.05, 0.1) is 17.1 Å². The van der Waals surface area contributed by atoms with Gasteiger partial charge in [-0.25, -0.2) is 9.18 Å². The van der Waals surface area contributed by atoms with Crippen LogP contribution in [0.25, 0.3) is 0 Å². The average molecular weight is 401 g/mol. The number of anilines is 4. The van der Waals surface area contributed by atoms with Gasteiger partial charge >= 0.3 is 6.09 Å². The van der Waals surface area contributed by atoms with Crippen molar-refractivity contribution in [2.45, 2.75) is 45.8 Å². The Morgan fingerprint density at radius 3 is 2.41 bits per heavy atom. The normalized spacial score (nSPS) is 15.4. The fourth-order valence-electron chi connectivity index (χ4n) is 2.91. The van der Waals surface area contributed by atoms with Crippen LogP contribution in [-0.4, -0.2) is 23.2 Å². The summed E-state index contributed by atoms with van der Waals surface area (Å²) in [4.78, 5) is 26.6. The molecule has 1 aliphatic rings. The summed E-state index contributed by atoms with van der Waals surface area (Å²) >= 11 is 0. The van der Waals surface area contributed by atoms with Crippen LogP contribution in [0.3, 0.4) is 0 Å². The van der Waals surface area contributed by atoms with E-state index >= 15 is 0 Å². The van der Waals surface area contributed by atoms with E-state index in [1.807, 2.05) is 0 Å². The SMILES string of the molecule is CC(C)(C)OC(=O)Nc1cc2c(cc1N)OC(C)(C)C(=O)N2c1ccc(F)cc1. The van der Waals surface area contributed by atoms with Crippen LogP contribution in [0.5, 0.6) is 5.75 Å². The zero-order valence-electron chi connectivity index (χ0n) is 17.0. The number of nitrogens with two attached hydrogens (primary N) is 1. The molecule has 29 heavy (non-hydrogen) atoms. The van der Waals surface area contributed by atoms with Crippen molar-refractivity contribution in [1.29, 1.82) is 0 Å². The molecule has 0 atom stereocenters. The minimum Gasteiger partial charge on any atom is -0.476 e. The van der Waals surface area contributed by atoms with Crippen LogP contribution in [0, 0.1) is 5.82 Å². The molecule has 0 bridgehead atoms. The number of ether oxygens (including phenoxy) is 2. The fraction of sp³-hybridized carbons (Fsp3) is 0.333. The first-order chi connectivity index (χ1) is 13.4. The number of nitrogen functional groups attached to an aromatic ring is 1. The number of fused-ring (bicyclic) bond motifs is 1. The van der Waals surface area contributed by atoms with E-state index in [1.54, 1.807) is 34.6 Å². The van der Waals surface area contributed by atoms with Crippen LogP contribution in [0.4, 0.5) is 31.9 Å². The van der Waals surface area contributed by atoms with Gasteiger partial charge in [-0.3, -0.25) is 15.0 Å². The average Bonchev–Trinajstić information content (AvgIpc) is 2.57. The quantitative estimate of drug-likeness (QED) is 0.718. The van der Waals surface area contributed by atoms with Crippen LogP contribution >= 0.6 is 0 Å². The van der Waals surface area contributed by atoms with Crippen molar-refractivity contribution in [3.05, 3.63) is 42.2 Å². The van der Waals surface area contributed by atoms with Crippen molar-refractivity contribution in [2.24, 2.45) is 0 Å². The van der Waals surface area contributed by atoms with E-state index < -0.39 is 23.1 Å². The third-order valence-corrected chi connectivity index (χ3v) is 4.18. The first-order valence-corrected chi connectivity index (χ1v) is 9.10. The molecular formula is C21H24FN3O4. The second-order valence-corrected chi connectivity index (χ2v) is 8.26. The Hall–Kier alpha value is -3.29. The highest BCUT2D eigenvalue weighted by Gasteiger charge is 2.42. The molecule has 1 aliphatic heterocycles. The number of hydrogen-bond donors (Lipinski definition) is 2. The molecule has 0 radical (unpaired) electrons. The summed E-state index contributed by atoms with van der Waals surface area (Å²) in [5, 5.41) is 2.59. The first-order valence-electron chi connectivity index (χ1n) is 9.10. The predicted molar refractivity (Wildman–Crippen MR) is 109 cm³/mol. The summed E-state index contributed by atoms with van der Waals surface area (Å²) in [6.07, 6.45) is -0.680. The Kier molecular flexibility index (Phi) is 4.90. The molecule has 0 saturated carbocycles. The first kappa shape index (κ1) is 20.4. The third-order valence-electron chi connectivity index (χ3n) is 4.18. The number of carbonyl (C=O) groups excluding carboxylic acids is 2. The standard InChI is InChI=1S/C21H24FN3O4/c1-20(2,3)29-19(27)24-15-11-16-17(10-14(15)23)28-21(4,5)18(26)25(16)13-8-6-12(22)7-9-13/h6-11H,23H2,1-5H3,(H,24,27). The van der Waals surface area contributed by atoms with Gasteiger partial charge in [-0.15, -0.1) is 0 Å². The second-order valence-electron chi connectivity index (χ2n) is 8.26. The lowest BCUT2D eigenvalue weighted by molar-refractivity contribution is -0.131. The molecule has 3 N–H and O–H groups in total. The summed E-state index contributed by atoms with van der Waals surface area (Å²) < 4.78 is 24.5. The molecule has 2 aromatic rings. The fourth-order valence-corrected chi connectivity index (χ4v) is 2.91. The maximum atomic E-state index is 13.4. The van der Waals surface area contributed by atoms with Gasteiger partial charge in [0.1, 0.15) is 17.2 Å². The Labute approximate surface area is 168 Å². The molecule has 154 valence electrons. The molecule has 0 fully saturated rings. The van der Waals surface area contributed by atoms with Gasteiger partial charge < -0.3 is 15.2 Å². The minimum absolute atomic E-state index is 0.249. The lowest BCUT2D eigenvalue weighted by Gasteiger charge is -2.39. The van der Waals surface area contributed by atoms with Crippen molar-refractivity contribution < 1.29 is 23.5 Å². The lowest BCUT2D eigenvalue weighted by Crippen LogP contribution is -2.50. The summed E-state index contributed by atoms with van der Waals surface area (Å²) in [6, 6.07) is 8.59. The Morgan fingerprint density at radius 1 is 1.21 bits per heavy atom. The number of rotatable bonds is 2. The molecule has 0 saturated heterocycles. The highest BCUT2D eigenvalue weighted by Crippen LogP contribution is 2.45. The topological polar surface area (TPSA) is 93.9 Å². The van der Waals surface area contributed by atoms with Crippen molar-refractivity contribution in [3.8, 4) is 5.75 Å². The van der Waals surface area contributed by atoms with E-state index in [9.17, 15) is 14.0 Å². The van der Waals surface area contributed by atoms with E-state index in [-0.39, 0.29) is 17.3 Å². The number of carbonyl (C=O) groups is 2. The molecular weight excluding hydrogens is 377 g/mol. The highest BCUT2D eigenvalue weighted by molar-refractivity contribution is 6.09. The zero-order chi connectivity index (χ0) is 21.6. The summed E-state index contributed by atoms with van der Waals surface area (Å²) in [7, 11) is 0. The monoisotopic (exact) mass is 401 g/mol. The Morgan fingerprint density at radius 2 is 1.83 bits per heavy atom. The van der Waals surface area contributed by atoms with Gasteiger partial charge in [0.2, 0.25) is 0 Å². The smallest absolute Gasteiger partial charge is 0.412 e. The van der Waals surface area contributed by atoms with E-state index in [4.69, 9.17) is 15.2 Å². The number of nitrogens with one attached hydrogen (secondary N) is 1. The molecule has 1 heterocycles. The molecule has 8 heteroatoms. The summed E-state index contributed by atoms with van der Waals surface area (Å²) in [6.45, 7) is 8.50. The van der Waals surface area contributed by atoms with Crippen molar-refractivity contribution >= 4 is 34.7 Å². The van der Waals surface area contributed by atoms with E-state index in [0.717, 1.165) is 0 Å². The largest absolute Gasteiger partial charge is 0.476 e.